The highest BCUT2D eigenvalue weighted by Crippen LogP contribution is 1.96. The summed E-state index contributed by atoms with van der Waals surface area (Å²) in [5, 5.41) is 8.20. The number of nitrogens with one attached hydrogen (secondary N) is 1. The van der Waals surface area contributed by atoms with Crippen LogP contribution in [0.4, 0.5) is 4.39 Å². The van der Waals surface area contributed by atoms with E-state index in [0.29, 0.717) is 0 Å². The maximum absolute atomic E-state index is 12.7. The number of aromatic nitrogens is 1. The van der Waals surface area contributed by atoms with Gasteiger partial charge in [0.1, 0.15) is 0 Å². The Morgan fingerprint density at radius 3 is 3.09 bits per heavy atom. The quantitative estimate of drug-likeness (QED) is 0.639. The lowest BCUT2D eigenvalue weighted by Gasteiger charge is -1.93. The van der Waals surface area contributed by atoms with Crippen LogP contribution < -0.4 is 5.43 Å². The molecule has 56 valence electrons. The van der Waals surface area contributed by atoms with E-state index in [1.807, 2.05) is 0 Å². The molecule has 0 unspecified atom stereocenters. The third-order valence-corrected chi connectivity index (χ3v) is 1.23. The van der Waals surface area contributed by atoms with Gasteiger partial charge in [0, 0.05) is 12.3 Å². The van der Waals surface area contributed by atoms with Crippen LogP contribution in [0, 0.1) is 17.1 Å². The standard InChI is InChI=1S/C7H5FN2O/c8-7-5(1-3-9)10-4-2-6(7)11/h2,4H,1H2,(H,10,11). The summed E-state index contributed by atoms with van der Waals surface area (Å²) in [6, 6.07) is 2.82. The largest absolute Gasteiger partial charge is 0.362 e. The third kappa shape index (κ3) is 1.44. The zero-order valence-electron chi connectivity index (χ0n) is 5.60. The molecular weight excluding hydrogens is 147 g/mol. The van der Waals surface area contributed by atoms with Crippen LogP contribution in [0.5, 0.6) is 0 Å². The summed E-state index contributed by atoms with van der Waals surface area (Å²) < 4.78 is 12.7. The first-order valence-electron chi connectivity index (χ1n) is 2.98. The fourth-order valence-electron chi connectivity index (χ4n) is 0.711. The Balaban J connectivity index is 3.19. The number of halogens is 1. The molecule has 0 radical (unpaired) electrons. The summed E-state index contributed by atoms with van der Waals surface area (Å²) in [5.74, 6) is -0.867. The van der Waals surface area contributed by atoms with Crippen LogP contribution in [-0.4, -0.2) is 4.98 Å². The second kappa shape index (κ2) is 2.97. The van der Waals surface area contributed by atoms with E-state index in [1.165, 1.54) is 6.20 Å². The first kappa shape index (κ1) is 7.48. The minimum Gasteiger partial charge on any atom is -0.362 e. The van der Waals surface area contributed by atoms with Crippen LogP contribution in [0.1, 0.15) is 5.69 Å². The van der Waals surface area contributed by atoms with Gasteiger partial charge in [-0.3, -0.25) is 4.79 Å². The summed E-state index contributed by atoms with van der Waals surface area (Å²) in [4.78, 5) is 13.1. The van der Waals surface area contributed by atoms with E-state index in [4.69, 9.17) is 5.26 Å². The monoisotopic (exact) mass is 152 g/mol. The molecule has 0 amide bonds. The Bertz CT molecular complexity index is 350. The van der Waals surface area contributed by atoms with Crippen LogP contribution >= 0.6 is 0 Å². The van der Waals surface area contributed by atoms with E-state index < -0.39 is 11.2 Å². The van der Waals surface area contributed by atoms with E-state index in [1.54, 1.807) is 6.07 Å². The van der Waals surface area contributed by atoms with Crippen molar-refractivity contribution in [2.45, 2.75) is 6.42 Å². The Labute approximate surface area is 62.1 Å². The van der Waals surface area contributed by atoms with Gasteiger partial charge in [-0.1, -0.05) is 0 Å². The van der Waals surface area contributed by atoms with Crippen molar-refractivity contribution in [2.24, 2.45) is 0 Å². The topological polar surface area (TPSA) is 56.6 Å². The highest BCUT2D eigenvalue weighted by Gasteiger charge is 2.03. The number of nitriles is 1. The van der Waals surface area contributed by atoms with Crippen molar-refractivity contribution < 1.29 is 4.39 Å². The fraction of sp³-hybridized carbons (Fsp3) is 0.143. The fourth-order valence-corrected chi connectivity index (χ4v) is 0.711. The lowest BCUT2D eigenvalue weighted by molar-refractivity contribution is 0.595. The molecular formula is C7H5FN2O. The molecule has 0 saturated heterocycles. The molecule has 3 nitrogen and oxygen atoms in total. The molecule has 0 aromatic carbocycles. The first-order valence-corrected chi connectivity index (χ1v) is 2.98. The van der Waals surface area contributed by atoms with Gasteiger partial charge in [-0.05, 0) is 0 Å². The summed E-state index contributed by atoms with van der Waals surface area (Å²) >= 11 is 0. The average molecular weight is 152 g/mol. The lowest BCUT2D eigenvalue weighted by atomic mass is 10.3. The van der Waals surface area contributed by atoms with Crippen molar-refractivity contribution >= 4 is 0 Å². The summed E-state index contributed by atoms with van der Waals surface area (Å²) in [6.45, 7) is 0. The van der Waals surface area contributed by atoms with Gasteiger partial charge in [0.05, 0.1) is 18.2 Å². The summed E-state index contributed by atoms with van der Waals surface area (Å²) in [6.07, 6.45) is 1.21. The first-order chi connectivity index (χ1) is 5.25. The molecule has 4 heteroatoms. The van der Waals surface area contributed by atoms with Crippen LogP contribution in [0.15, 0.2) is 17.1 Å². The number of rotatable bonds is 1. The van der Waals surface area contributed by atoms with E-state index in [-0.39, 0.29) is 12.1 Å². The Kier molecular flexibility index (Phi) is 2.02. The molecule has 0 bridgehead atoms. The van der Waals surface area contributed by atoms with E-state index in [0.717, 1.165) is 6.07 Å². The van der Waals surface area contributed by atoms with E-state index >= 15 is 0 Å². The second-order valence-electron chi connectivity index (χ2n) is 1.97. The van der Waals surface area contributed by atoms with Gasteiger partial charge >= 0.3 is 0 Å². The zero-order chi connectivity index (χ0) is 8.27. The van der Waals surface area contributed by atoms with Gasteiger partial charge in [0.2, 0.25) is 5.43 Å². The Hall–Kier alpha value is -1.63. The SMILES string of the molecule is N#CCc1[nH]ccc(=O)c1F. The Morgan fingerprint density at radius 1 is 1.73 bits per heavy atom. The molecule has 0 fully saturated rings. The highest BCUT2D eigenvalue weighted by molar-refractivity contribution is 5.11. The minimum atomic E-state index is -0.867. The number of hydrogen-bond donors (Lipinski definition) is 1. The molecule has 0 saturated carbocycles. The maximum Gasteiger partial charge on any atom is 0.217 e. The predicted octanol–water partition coefficient (Wildman–Crippen LogP) is 0.580. The van der Waals surface area contributed by atoms with Crippen molar-refractivity contribution in [3.05, 3.63) is 34.0 Å². The van der Waals surface area contributed by atoms with Gasteiger partial charge in [-0.25, -0.2) is 4.39 Å². The predicted molar refractivity (Wildman–Crippen MR) is 36.3 cm³/mol. The Morgan fingerprint density at radius 2 is 2.45 bits per heavy atom. The van der Waals surface area contributed by atoms with Crippen LogP contribution in [-0.2, 0) is 6.42 Å². The minimum absolute atomic E-state index is 0.0417. The number of hydrogen-bond acceptors (Lipinski definition) is 2. The summed E-state index contributed by atoms with van der Waals surface area (Å²) in [5.41, 5.74) is -0.644. The van der Waals surface area contributed by atoms with Gasteiger partial charge in [-0.15, -0.1) is 0 Å². The normalized spacial score (nSPS) is 9.09. The molecule has 1 rings (SSSR count). The smallest absolute Gasteiger partial charge is 0.217 e. The van der Waals surface area contributed by atoms with Crippen molar-refractivity contribution in [1.29, 1.82) is 5.26 Å². The van der Waals surface area contributed by atoms with Crippen molar-refractivity contribution in [1.82, 2.24) is 4.98 Å². The molecule has 1 aromatic rings. The van der Waals surface area contributed by atoms with Crippen LogP contribution in [0.25, 0.3) is 0 Å². The van der Waals surface area contributed by atoms with E-state index in [2.05, 4.69) is 4.98 Å². The molecule has 0 aliphatic carbocycles. The second-order valence-corrected chi connectivity index (χ2v) is 1.97. The van der Waals surface area contributed by atoms with Crippen molar-refractivity contribution in [2.75, 3.05) is 0 Å². The molecule has 0 spiro atoms. The molecule has 1 aromatic heterocycles. The number of aromatic amines is 1. The van der Waals surface area contributed by atoms with Gasteiger partial charge in [0.15, 0.2) is 5.82 Å². The summed E-state index contributed by atoms with van der Waals surface area (Å²) in [7, 11) is 0. The van der Waals surface area contributed by atoms with Crippen LogP contribution in [0.2, 0.25) is 0 Å². The van der Waals surface area contributed by atoms with E-state index in [9.17, 15) is 9.18 Å². The van der Waals surface area contributed by atoms with Crippen LogP contribution in [0.3, 0.4) is 0 Å². The molecule has 1 N–H and O–H groups in total. The zero-order valence-corrected chi connectivity index (χ0v) is 5.60. The molecule has 11 heavy (non-hydrogen) atoms. The lowest BCUT2D eigenvalue weighted by Crippen LogP contribution is -2.09. The number of pyridine rings is 1. The molecule has 0 aliphatic heterocycles. The van der Waals surface area contributed by atoms with Gasteiger partial charge in [-0.2, -0.15) is 5.26 Å². The molecule has 0 atom stereocenters. The van der Waals surface area contributed by atoms with Crippen molar-refractivity contribution in [3.63, 3.8) is 0 Å². The number of nitrogens with zero attached hydrogens (tertiary/aromatic N) is 1. The average Bonchev–Trinajstić information content (AvgIpc) is 1.99. The van der Waals surface area contributed by atoms with Gasteiger partial charge < -0.3 is 4.98 Å². The molecule has 1 heterocycles. The number of H-pyrrole nitrogens is 1. The van der Waals surface area contributed by atoms with Crippen molar-refractivity contribution in [3.8, 4) is 6.07 Å². The van der Waals surface area contributed by atoms with Gasteiger partial charge in [0.25, 0.3) is 0 Å². The maximum atomic E-state index is 12.7. The molecule has 0 aliphatic rings. The third-order valence-electron chi connectivity index (χ3n) is 1.23. The highest BCUT2D eigenvalue weighted by atomic mass is 19.1.